The summed E-state index contributed by atoms with van der Waals surface area (Å²) >= 11 is 2.06. The Morgan fingerprint density at radius 3 is 2.67 bits per heavy atom. The Balaban J connectivity index is 2.26. The molecule has 5 heteroatoms. The maximum absolute atomic E-state index is 4.45. The SMILES string of the molecule is CN=C(NCCCCN(C)C(C)C)N1CCSC(C)(C)C1. The minimum atomic E-state index is 0.329. The predicted octanol–water partition coefficient (Wildman–Crippen LogP) is 2.51. The van der Waals surface area contributed by atoms with E-state index in [4.69, 9.17) is 0 Å². The Hall–Kier alpha value is -0.420. The fourth-order valence-corrected chi connectivity index (χ4v) is 3.59. The van der Waals surface area contributed by atoms with Crippen LogP contribution in [0.2, 0.25) is 0 Å². The van der Waals surface area contributed by atoms with Crippen molar-refractivity contribution in [1.29, 1.82) is 0 Å². The fraction of sp³-hybridized carbons (Fsp3) is 0.938. The van der Waals surface area contributed by atoms with E-state index in [9.17, 15) is 0 Å². The van der Waals surface area contributed by atoms with Crippen LogP contribution in [0, 0.1) is 0 Å². The van der Waals surface area contributed by atoms with Crippen molar-refractivity contribution in [2.45, 2.75) is 51.3 Å². The number of hydrogen-bond acceptors (Lipinski definition) is 3. The molecule has 0 aromatic heterocycles. The third-order valence-electron chi connectivity index (χ3n) is 4.04. The van der Waals surface area contributed by atoms with Crippen LogP contribution in [0.5, 0.6) is 0 Å². The molecule has 0 aliphatic carbocycles. The number of hydrogen-bond donors (Lipinski definition) is 1. The van der Waals surface area contributed by atoms with Crippen molar-refractivity contribution in [3.05, 3.63) is 0 Å². The highest BCUT2D eigenvalue weighted by Gasteiger charge is 2.28. The van der Waals surface area contributed by atoms with Gasteiger partial charge in [0, 0.05) is 43.2 Å². The molecule has 0 radical (unpaired) electrons. The van der Waals surface area contributed by atoms with Crippen LogP contribution in [-0.4, -0.2) is 72.6 Å². The number of unbranched alkanes of at least 4 members (excludes halogenated alkanes) is 1. The lowest BCUT2D eigenvalue weighted by Crippen LogP contribution is -2.51. The maximum atomic E-state index is 4.45. The summed E-state index contributed by atoms with van der Waals surface area (Å²) in [6, 6.07) is 0.638. The minimum Gasteiger partial charge on any atom is -0.356 e. The van der Waals surface area contributed by atoms with E-state index in [1.54, 1.807) is 0 Å². The van der Waals surface area contributed by atoms with Crippen molar-refractivity contribution in [3.63, 3.8) is 0 Å². The van der Waals surface area contributed by atoms with Crippen molar-refractivity contribution in [2.75, 3.05) is 46.0 Å². The number of aliphatic imine (C=N–C) groups is 1. The number of nitrogens with zero attached hydrogens (tertiary/aromatic N) is 3. The van der Waals surface area contributed by atoms with Crippen molar-refractivity contribution in [3.8, 4) is 0 Å². The summed E-state index contributed by atoms with van der Waals surface area (Å²) in [5.74, 6) is 2.26. The molecule has 0 aromatic carbocycles. The molecule has 0 amide bonds. The monoisotopic (exact) mass is 314 g/mol. The van der Waals surface area contributed by atoms with Crippen LogP contribution in [0.15, 0.2) is 4.99 Å². The third-order valence-corrected chi connectivity index (χ3v) is 5.34. The molecule has 1 saturated heterocycles. The average molecular weight is 315 g/mol. The molecule has 1 N–H and O–H groups in total. The first kappa shape index (κ1) is 18.6. The summed E-state index contributed by atoms with van der Waals surface area (Å²) in [6.07, 6.45) is 2.43. The lowest BCUT2D eigenvalue weighted by Gasteiger charge is -2.39. The van der Waals surface area contributed by atoms with E-state index in [1.807, 2.05) is 7.05 Å². The summed E-state index contributed by atoms with van der Waals surface area (Å²) in [5.41, 5.74) is 0. The van der Waals surface area contributed by atoms with E-state index < -0.39 is 0 Å². The molecule has 0 unspecified atom stereocenters. The number of thioether (sulfide) groups is 1. The second kappa shape index (κ2) is 8.89. The molecule has 0 spiro atoms. The lowest BCUT2D eigenvalue weighted by atomic mass is 10.2. The van der Waals surface area contributed by atoms with E-state index >= 15 is 0 Å². The van der Waals surface area contributed by atoms with Crippen molar-refractivity contribution in [2.24, 2.45) is 4.99 Å². The molecule has 1 fully saturated rings. The first-order valence-corrected chi connectivity index (χ1v) is 9.14. The Labute approximate surface area is 135 Å². The van der Waals surface area contributed by atoms with Gasteiger partial charge in [-0.25, -0.2) is 0 Å². The minimum absolute atomic E-state index is 0.329. The molecular weight excluding hydrogens is 280 g/mol. The number of nitrogens with one attached hydrogen (secondary N) is 1. The van der Waals surface area contributed by atoms with E-state index in [2.05, 4.69) is 66.6 Å². The predicted molar refractivity (Wildman–Crippen MR) is 96.5 cm³/mol. The van der Waals surface area contributed by atoms with Gasteiger partial charge in [-0.15, -0.1) is 0 Å². The van der Waals surface area contributed by atoms with E-state index in [1.165, 1.54) is 25.1 Å². The van der Waals surface area contributed by atoms with Crippen molar-refractivity contribution >= 4 is 17.7 Å². The maximum Gasteiger partial charge on any atom is 0.193 e. The molecule has 4 nitrogen and oxygen atoms in total. The average Bonchev–Trinajstić information content (AvgIpc) is 2.41. The van der Waals surface area contributed by atoms with Crippen LogP contribution in [0.1, 0.15) is 40.5 Å². The lowest BCUT2D eigenvalue weighted by molar-refractivity contribution is 0.268. The Bertz CT molecular complexity index is 328. The van der Waals surface area contributed by atoms with Gasteiger partial charge in [-0.1, -0.05) is 0 Å². The Kier molecular flexibility index (Phi) is 7.88. The van der Waals surface area contributed by atoms with Gasteiger partial charge in [0.05, 0.1) is 0 Å². The zero-order valence-corrected chi connectivity index (χ0v) is 15.6. The first-order chi connectivity index (χ1) is 9.85. The fourth-order valence-electron chi connectivity index (χ4n) is 2.47. The molecule has 0 saturated carbocycles. The quantitative estimate of drug-likeness (QED) is 0.464. The molecule has 21 heavy (non-hydrogen) atoms. The molecule has 0 aromatic rings. The van der Waals surface area contributed by atoms with E-state index in [-0.39, 0.29) is 0 Å². The van der Waals surface area contributed by atoms with Crippen LogP contribution in [0.3, 0.4) is 0 Å². The summed E-state index contributed by atoms with van der Waals surface area (Å²) in [5, 5.41) is 3.53. The second-order valence-corrected chi connectivity index (χ2v) is 8.59. The largest absolute Gasteiger partial charge is 0.356 e. The van der Waals surface area contributed by atoms with Gasteiger partial charge in [-0.05, 0) is 54.1 Å². The molecule has 1 heterocycles. The van der Waals surface area contributed by atoms with Gasteiger partial charge < -0.3 is 15.1 Å². The molecule has 1 aliphatic rings. The van der Waals surface area contributed by atoms with E-state index in [0.717, 1.165) is 25.6 Å². The molecule has 0 atom stereocenters. The summed E-state index contributed by atoms with van der Waals surface area (Å²) in [4.78, 5) is 9.25. The summed E-state index contributed by atoms with van der Waals surface area (Å²) in [6.45, 7) is 13.5. The molecule has 124 valence electrons. The second-order valence-electron chi connectivity index (χ2n) is 6.79. The highest BCUT2D eigenvalue weighted by atomic mass is 32.2. The number of rotatable bonds is 6. The number of guanidine groups is 1. The molecular formula is C16H34N4S. The van der Waals surface area contributed by atoms with Gasteiger partial charge >= 0.3 is 0 Å². The van der Waals surface area contributed by atoms with Gasteiger partial charge in [0.1, 0.15) is 0 Å². The standard InChI is InChI=1S/C16H34N4S/c1-14(2)19(6)10-8-7-9-18-15(17-5)20-11-12-21-16(3,4)13-20/h14H,7-13H2,1-6H3,(H,17,18). The van der Waals surface area contributed by atoms with Gasteiger partial charge in [0.15, 0.2) is 5.96 Å². The van der Waals surface area contributed by atoms with Gasteiger partial charge in [-0.3, -0.25) is 4.99 Å². The topological polar surface area (TPSA) is 30.9 Å². The van der Waals surface area contributed by atoms with Crippen LogP contribution in [0.4, 0.5) is 0 Å². The van der Waals surface area contributed by atoms with Crippen molar-refractivity contribution < 1.29 is 0 Å². The zero-order valence-electron chi connectivity index (χ0n) is 14.8. The van der Waals surface area contributed by atoms with E-state index in [0.29, 0.717) is 10.8 Å². The molecule has 1 rings (SSSR count). The Morgan fingerprint density at radius 2 is 2.10 bits per heavy atom. The first-order valence-electron chi connectivity index (χ1n) is 8.15. The highest BCUT2D eigenvalue weighted by Crippen LogP contribution is 2.29. The van der Waals surface area contributed by atoms with Crippen molar-refractivity contribution in [1.82, 2.24) is 15.1 Å². The molecule has 0 bridgehead atoms. The summed E-state index contributed by atoms with van der Waals surface area (Å²) < 4.78 is 0.329. The zero-order chi connectivity index (χ0) is 15.9. The molecule has 1 aliphatic heterocycles. The summed E-state index contributed by atoms with van der Waals surface area (Å²) in [7, 11) is 4.09. The highest BCUT2D eigenvalue weighted by molar-refractivity contribution is 8.00. The van der Waals surface area contributed by atoms with Crippen LogP contribution >= 0.6 is 11.8 Å². The van der Waals surface area contributed by atoms with Crippen LogP contribution < -0.4 is 5.32 Å². The Morgan fingerprint density at radius 1 is 1.38 bits per heavy atom. The smallest absolute Gasteiger partial charge is 0.193 e. The van der Waals surface area contributed by atoms with Crippen LogP contribution in [-0.2, 0) is 0 Å². The normalized spacial score (nSPS) is 19.4. The third kappa shape index (κ3) is 6.92. The van der Waals surface area contributed by atoms with Gasteiger partial charge in [0.2, 0.25) is 0 Å². The van der Waals surface area contributed by atoms with Crippen LogP contribution in [0.25, 0.3) is 0 Å². The van der Waals surface area contributed by atoms with Gasteiger partial charge in [-0.2, -0.15) is 11.8 Å². The van der Waals surface area contributed by atoms with Gasteiger partial charge in [0.25, 0.3) is 0 Å².